The zero-order valence-corrected chi connectivity index (χ0v) is 10.1. The largest absolute Gasteiger partial charge is 0.435 e. The lowest BCUT2D eigenvalue weighted by Gasteiger charge is -2.12. The van der Waals surface area contributed by atoms with Crippen LogP contribution in [0.2, 0.25) is 0 Å². The van der Waals surface area contributed by atoms with Gasteiger partial charge in [0.2, 0.25) is 0 Å². The van der Waals surface area contributed by atoms with Crippen LogP contribution in [0.3, 0.4) is 0 Å². The molecule has 94 valence electrons. The van der Waals surface area contributed by atoms with Gasteiger partial charge in [0.15, 0.2) is 5.78 Å². The van der Waals surface area contributed by atoms with E-state index in [-0.39, 0.29) is 10.0 Å². The maximum atomic E-state index is 12.7. The number of carbonyl (C=O) groups excluding carboxylic acids is 1. The van der Waals surface area contributed by atoms with Crippen LogP contribution in [-0.2, 0) is 0 Å². The summed E-state index contributed by atoms with van der Waals surface area (Å²) in [5.41, 5.74) is -0.871. The van der Waals surface area contributed by atoms with Gasteiger partial charge < -0.3 is 4.74 Å². The molecule has 2 nitrogen and oxygen atoms in total. The van der Waals surface area contributed by atoms with Crippen LogP contribution in [0.15, 0.2) is 16.6 Å². The van der Waals surface area contributed by atoms with Crippen molar-refractivity contribution in [2.45, 2.75) is 20.0 Å². The van der Waals surface area contributed by atoms with Gasteiger partial charge in [0.1, 0.15) is 5.75 Å². The molecule has 0 aromatic heterocycles. The number of rotatable bonds is 4. The molecule has 0 amide bonds. The fraction of sp³-hybridized carbons (Fsp3) is 0.300. The van der Waals surface area contributed by atoms with Crippen LogP contribution < -0.4 is 4.74 Å². The van der Waals surface area contributed by atoms with Gasteiger partial charge in [-0.25, -0.2) is 8.78 Å². The van der Waals surface area contributed by atoms with E-state index in [1.54, 1.807) is 0 Å². The van der Waals surface area contributed by atoms with E-state index in [1.165, 1.54) is 0 Å². The number of hydrogen-bond acceptors (Lipinski definition) is 2. The smallest absolute Gasteiger partial charge is 0.387 e. The normalized spacial score (nSPS) is 11.1. The number of ether oxygens (including phenoxy) is 1. The van der Waals surface area contributed by atoms with Crippen LogP contribution in [0, 0.1) is 0 Å². The Bertz CT molecular complexity index is 435. The van der Waals surface area contributed by atoms with Crippen molar-refractivity contribution >= 4 is 21.7 Å². The number of alkyl halides is 4. The van der Waals surface area contributed by atoms with Crippen molar-refractivity contribution < 1.29 is 27.1 Å². The molecule has 17 heavy (non-hydrogen) atoms. The van der Waals surface area contributed by atoms with Gasteiger partial charge in [-0.2, -0.15) is 8.78 Å². The topological polar surface area (TPSA) is 26.3 Å². The molecule has 0 N–H and O–H groups in total. The van der Waals surface area contributed by atoms with Crippen molar-refractivity contribution in [3.05, 3.63) is 27.7 Å². The maximum absolute atomic E-state index is 12.7. The Morgan fingerprint density at radius 3 is 2.29 bits per heavy atom. The van der Waals surface area contributed by atoms with Crippen LogP contribution in [0.5, 0.6) is 5.75 Å². The van der Waals surface area contributed by atoms with E-state index in [9.17, 15) is 22.4 Å². The van der Waals surface area contributed by atoms with E-state index >= 15 is 0 Å². The third-order valence-corrected chi connectivity index (χ3v) is 2.53. The highest BCUT2D eigenvalue weighted by molar-refractivity contribution is 9.10. The SMILES string of the molecule is CC(=O)c1c(Br)cc(OC(F)F)cc1C(F)F. The average molecular weight is 315 g/mol. The molecule has 0 aliphatic rings. The average Bonchev–Trinajstić information content (AvgIpc) is 2.14. The van der Waals surface area contributed by atoms with Gasteiger partial charge in [0.25, 0.3) is 6.43 Å². The molecule has 0 heterocycles. The Hall–Kier alpha value is -1.11. The number of Topliss-reactive ketones (excluding diaryl/α,β-unsaturated/α-hetero) is 1. The molecular formula is C10H7BrF4O2. The molecule has 0 radical (unpaired) electrons. The van der Waals surface area contributed by atoms with Gasteiger partial charge in [0, 0.05) is 15.6 Å². The zero-order chi connectivity index (χ0) is 13.2. The molecule has 1 aromatic rings. The summed E-state index contributed by atoms with van der Waals surface area (Å²) in [5, 5.41) is 0. The molecule has 7 heteroatoms. The highest BCUT2D eigenvalue weighted by Gasteiger charge is 2.21. The number of halogens is 5. The van der Waals surface area contributed by atoms with Gasteiger partial charge in [-0.3, -0.25) is 4.79 Å². The van der Waals surface area contributed by atoms with Gasteiger partial charge in [-0.15, -0.1) is 0 Å². The number of hydrogen-bond donors (Lipinski definition) is 0. The molecular weight excluding hydrogens is 308 g/mol. The van der Waals surface area contributed by atoms with Gasteiger partial charge in [-0.1, -0.05) is 0 Å². The Balaban J connectivity index is 3.31. The summed E-state index contributed by atoms with van der Waals surface area (Å²) in [6, 6.07) is 1.78. The molecule has 0 aliphatic heterocycles. The first-order valence-corrected chi connectivity index (χ1v) is 5.19. The molecule has 0 saturated heterocycles. The first-order valence-electron chi connectivity index (χ1n) is 4.40. The molecule has 1 aromatic carbocycles. The van der Waals surface area contributed by atoms with Crippen molar-refractivity contribution in [1.82, 2.24) is 0 Å². The summed E-state index contributed by atoms with van der Waals surface area (Å²) in [5.74, 6) is -1.01. The quantitative estimate of drug-likeness (QED) is 0.615. The monoisotopic (exact) mass is 314 g/mol. The Kier molecular flexibility index (Phi) is 4.50. The molecule has 0 spiro atoms. The lowest BCUT2D eigenvalue weighted by atomic mass is 10.0. The third kappa shape index (κ3) is 3.42. The summed E-state index contributed by atoms with van der Waals surface area (Å²) in [6.45, 7) is -2.00. The fourth-order valence-corrected chi connectivity index (χ4v) is 2.05. The van der Waals surface area contributed by atoms with Crippen molar-refractivity contribution in [3.63, 3.8) is 0 Å². The van der Waals surface area contributed by atoms with E-state index in [4.69, 9.17) is 0 Å². The number of benzene rings is 1. The number of carbonyl (C=O) groups is 1. The van der Waals surface area contributed by atoms with Crippen molar-refractivity contribution in [2.75, 3.05) is 0 Å². The van der Waals surface area contributed by atoms with Crippen LogP contribution in [-0.4, -0.2) is 12.4 Å². The van der Waals surface area contributed by atoms with Gasteiger partial charge in [0.05, 0.1) is 0 Å². The summed E-state index contributed by atoms with van der Waals surface area (Å²) in [4.78, 5) is 11.2. The summed E-state index contributed by atoms with van der Waals surface area (Å²) < 4.78 is 53.3. The van der Waals surface area contributed by atoms with E-state index in [0.717, 1.165) is 19.1 Å². The second-order valence-electron chi connectivity index (χ2n) is 3.10. The second kappa shape index (κ2) is 5.48. The van der Waals surface area contributed by atoms with Crippen LogP contribution in [0.25, 0.3) is 0 Å². The predicted octanol–water partition coefficient (Wildman–Crippen LogP) is 4.19. The maximum Gasteiger partial charge on any atom is 0.387 e. The highest BCUT2D eigenvalue weighted by Crippen LogP contribution is 2.34. The molecule has 0 fully saturated rings. The first-order chi connectivity index (χ1) is 7.82. The summed E-state index contributed by atoms with van der Waals surface area (Å²) in [6.07, 6.45) is -2.95. The number of ketones is 1. The van der Waals surface area contributed by atoms with Crippen LogP contribution >= 0.6 is 15.9 Å². The minimum atomic E-state index is -3.12. The molecule has 0 saturated carbocycles. The Morgan fingerprint density at radius 1 is 1.29 bits per heavy atom. The van der Waals surface area contributed by atoms with E-state index in [2.05, 4.69) is 20.7 Å². The van der Waals surface area contributed by atoms with Crippen molar-refractivity contribution in [2.24, 2.45) is 0 Å². The molecule has 1 rings (SSSR count). The minimum absolute atomic E-state index is 0.00144. The summed E-state index contributed by atoms with van der Waals surface area (Å²) in [7, 11) is 0. The van der Waals surface area contributed by atoms with E-state index < -0.39 is 30.1 Å². The van der Waals surface area contributed by atoms with Crippen LogP contribution in [0.1, 0.15) is 29.3 Å². The first kappa shape index (κ1) is 14.0. The third-order valence-electron chi connectivity index (χ3n) is 1.91. The zero-order valence-electron chi connectivity index (χ0n) is 8.52. The standard InChI is InChI=1S/C10H7BrF4O2/c1-4(16)8-6(9(12)13)2-5(3-7(8)11)17-10(14)15/h2-3,9-10H,1H3. The Labute approximate surface area is 103 Å². The second-order valence-corrected chi connectivity index (χ2v) is 3.96. The van der Waals surface area contributed by atoms with Crippen molar-refractivity contribution in [3.8, 4) is 5.75 Å². The lowest BCUT2D eigenvalue weighted by Crippen LogP contribution is -2.06. The molecule has 0 unspecified atom stereocenters. The Morgan fingerprint density at radius 2 is 1.88 bits per heavy atom. The summed E-state index contributed by atoms with van der Waals surface area (Å²) >= 11 is 2.88. The predicted molar refractivity (Wildman–Crippen MR) is 55.7 cm³/mol. The van der Waals surface area contributed by atoms with Gasteiger partial charge >= 0.3 is 6.61 Å². The van der Waals surface area contributed by atoms with Crippen LogP contribution in [0.4, 0.5) is 17.6 Å². The lowest BCUT2D eigenvalue weighted by molar-refractivity contribution is -0.0500. The highest BCUT2D eigenvalue weighted by atomic mass is 79.9. The molecule has 0 atom stereocenters. The van der Waals surface area contributed by atoms with Gasteiger partial charge in [-0.05, 0) is 35.0 Å². The molecule has 0 aliphatic carbocycles. The van der Waals surface area contributed by atoms with Crippen molar-refractivity contribution in [1.29, 1.82) is 0 Å². The fourth-order valence-electron chi connectivity index (χ4n) is 1.32. The minimum Gasteiger partial charge on any atom is -0.435 e. The van der Waals surface area contributed by atoms with E-state index in [1.807, 2.05) is 0 Å². The molecule has 0 bridgehead atoms. The van der Waals surface area contributed by atoms with E-state index in [0.29, 0.717) is 0 Å².